The minimum absolute atomic E-state index is 0.137. The highest BCUT2D eigenvalue weighted by Crippen LogP contribution is 2.37. The molecule has 3 rings (SSSR count). The third kappa shape index (κ3) is 4.51. The number of nitrogens with zero attached hydrogens (tertiary/aromatic N) is 3. The highest BCUT2D eigenvalue weighted by molar-refractivity contribution is 6.44. The smallest absolute Gasteiger partial charge is 0.317 e. The van der Waals surface area contributed by atoms with Gasteiger partial charge >= 0.3 is 6.03 Å². The first-order chi connectivity index (χ1) is 13.0. The Labute approximate surface area is 168 Å². The van der Waals surface area contributed by atoms with Crippen molar-refractivity contribution in [1.82, 2.24) is 20.2 Å². The zero-order chi connectivity index (χ0) is 19.4. The van der Waals surface area contributed by atoms with Gasteiger partial charge in [0.05, 0.1) is 16.1 Å². The van der Waals surface area contributed by atoms with Crippen molar-refractivity contribution in [2.75, 3.05) is 20.3 Å². The molecule has 1 saturated heterocycles. The molecule has 144 valence electrons. The van der Waals surface area contributed by atoms with Crippen molar-refractivity contribution in [1.29, 1.82) is 0 Å². The zero-order valence-corrected chi connectivity index (χ0v) is 16.8. The quantitative estimate of drug-likeness (QED) is 0.816. The Kier molecular flexibility index (Phi) is 6.52. The van der Waals surface area contributed by atoms with E-state index < -0.39 is 0 Å². The van der Waals surface area contributed by atoms with Crippen LogP contribution in [0.3, 0.4) is 0 Å². The number of aromatic nitrogens is 2. The van der Waals surface area contributed by atoms with Crippen LogP contribution in [0.1, 0.15) is 31.4 Å². The van der Waals surface area contributed by atoms with Crippen LogP contribution in [0.2, 0.25) is 10.0 Å². The Morgan fingerprint density at radius 3 is 2.56 bits per heavy atom. The number of halogens is 2. The summed E-state index contributed by atoms with van der Waals surface area (Å²) in [6.45, 7) is 3.26. The molecule has 0 saturated carbocycles. The van der Waals surface area contributed by atoms with Crippen molar-refractivity contribution in [3.63, 3.8) is 0 Å². The normalized spacial score (nSPS) is 16.0. The first-order valence-electron chi connectivity index (χ1n) is 8.83. The first kappa shape index (κ1) is 19.9. The average Bonchev–Trinajstić information content (AvgIpc) is 2.70. The zero-order valence-electron chi connectivity index (χ0n) is 15.3. The van der Waals surface area contributed by atoms with E-state index in [-0.39, 0.29) is 18.1 Å². The molecular formula is C19H22Cl2N4O2. The Morgan fingerprint density at radius 2 is 1.89 bits per heavy atom. The molecule has 1 aliphatic rings. The lowest BCUT2D eigenvalue weighted by atomic mass is 10.0. The summed E-state index contributed by atoms with van der Waals surface area (Å²) < 4.78 is 5.36. The molecule has 1 aromatic carbocycles. The van der Waals surface area contributed by atoms with Gasteiger partial charge in [-0.3, -0.25) is 0 Å². The molecule has 0 spiro atoms. The van der Waals surface area contributed by atoms with E-state index in [9.17, 15) is 4.79 Å². The van der Waals surface area contributed by atoms with E-state index in [0.29, 0.717) is 23.3 Å². The summed E-state index contributed by atoms with van der Waals surface area (Å²) in [5, 5.41) is 3.83. The van der Waals surface area contributed by atoms with Crippen LogP contribution in [0.15, 0.2) is 30.9 Å². The number of hydrogen-bond acceptors (Lipinski definition) is 4. The monoisotopic (exact) mass is 408 g/mol. The van der Waals surface area contributed by atoms with E-state index >= 15 is 0 Å². The van der Waals surface area contributed by atoms with Gasteiger partial charge in [0.25, 0.3) is 0 Å². The molecule has 8 heteroatoms. The second-order valence-electron chi connectivity index (χ2n) is 6.58. The number of benzene rings is 1. The Hall–Kier alpha value is -1.89. The lowest BCUT2D eigenvalue weighted by Crippen LogP contribution is -2.46. The van der Waals surface area contributed by atoms with Gasteiger partial charge in [0.2, 0.25) is 0 Å². The number of carbonyl (C=O) groups excluding carboxylic acids is 1. The molecule has 0 aliphatic carbocycles. The van der Waals surface area contributed by atoms with Gasteiger partial charge in [-0.25, -0.2) is 14.8 Å². The fourth-order valence-corrected chi connectivity index (χ4v) is 3.77. The van der Waals surface area contributed by atoms with Crippen molar-refractivity contribution in [3.05, 3.63) is 46.5 Å². The molecule has 1 N–H and O–H groups in total. The Morgan fingerprint density at radius 1 is 1.22 bits per heavy atom. The minimum atomic E-state index is -0.286. The second-order valence-corrected chi connectivity index (χ2v) is 7.34. The van der Waals surface area contributed by atoms with E-state index in [1.807, 2.05) is 26.1 Å². The maximum Gasteiger partial charge on any atom is 0.317 e. The predicted molar refractivity (Wildman–Crippen MR) is 106 cm³/mol. The molecule has 0 bridgehead atoms. The molecule has 1 atom stereocenters. The third-order valence-corrected chi connectivity index (χ3v) is 5.75. The van der Waals surface area contributed by atoms with Crippen molar-refractivity contribution in [2.24, 2.45) is 0 Å². The van der Waals surface area contributed by atoms with Crippen molar-refractivity contribution in [3.8, 4) is 11.1 Å². The van der Waals surface area contributed by atoms with Crippen molar-refractivity contribution >= 4 is 29.2 Å². The largest absolute Gasteiger partial charge is 0.381 e. The minimum Gasteiger partial charge on any atom is -0.381 e. The first-order valence-corrected chi connectivity index (χ1v) is 9.59. The number of nitrogens with one attached hydrogen (secondary N) is 1. The molecular weight excluding hydrogens is 387 g/mol. The molecule has 1 unspecified atom stereocenters. The molecule has 1 aliphatic heterocycles. The topological polar surface area (TPSA) is 67.4 Å². The molecule has 2 aromatic rings. The van der Waals surface area contributed by atoms with E-state index in [1.54, 1.807) is 17.3 Å². The summed E-state index contributed by atoms with van der Waals surface area (Å²) in [4.78, 5) is 22.3. The highest BCUT2D eigenvalue weighted by atomic mass is 35.5. The number of carbonyl (C=O) groups is 1. The fourth-order valence-electron chi connectivity index (χ4n) is 3.16. The van der Waals surface area contributed by atoms with E-state index in [4.69, 9.17) is 27.9 Å². The summed E-state index contributed by atoms with van der Waals surface area (Å²) in [6, 6.07) is 3.50. The molecule has 1 aromatic heterocycles. The molecule has 0 radical (unpaired) electrons. The third-order valence-electron chi connectivity index (χ3n) is 4.85. The van der Waals surface area contributed by atoms with Crippen LogP contribution in [-0.4, -0.2) is 47.2 Å². The Balaban J connectivity index is 1.74. The number of rotatable bonds is 4. The van der Waals surface area contributed by atoms with Crippen LogP contribution in [0.4, 0.5) is 4.79 Å². The number of ether oxygens (including phenoxy) is 1. The van der Waals surface area contributed by atoms with Crippen LogP contribution in [0.25, 0.3) is 11.1 Å². The SMILES string of the molecule is CC(NC(=O)N(C)C1CCOCC1)c1ccc(-c2cncnc2)c(Cl)c1Cl. The molecule has 27 heavy (non-hydrogen) atoms. The van der Waals surface area contributed by atoms with Crippen molar-refractivity contribution < 1.29 is 9.53 Å². The molecule has 2 amide bonds. The summed E-state index contributed by atoms with van der Waals surface area (Å²) >= 11 is 13.0. The fraction of sp³-hybridized carbons (Fsp3) is 0.421. The van der Waals surface area contributed by atoms with E-state index in [1.165, 1.54) is 6.33 Å². The maximum atomic E-state index is 12.6. The van der Waals surface area contributed by atoms with Gasteiger partial charge in [-0.2, -0.15) is 0 Å². The summed E-state index contributed by atoms with van der Waals surface area (Å²) in [5.74, 6) is 0. The predicted octanol–water partition coefficient (Wildman–Crippen LogP) is 4.33. The van der Waals surface area contributed by atoms with E-state index in [0.717, 1.165) is 29.5 Å². The van der Waals surface area contributed by atoms with Crippen LogP contribution in [-0.2, 0) is 4.74 Å². The Bertz CT molecular complexity index is 798. The molecule has 1 fully saturated rings. The van der Waals surface area contributed by atoms with Crippen LogP contribution >= 0.6 is 23.2 Å². The lowest BCUT2D eigenvalue weighted by Gasteiger charge is -2.32. The van der Waals surface area contributed by atoms with Gasteiger partial charge in [0.15, 0.2) is 0 Å². The summed E-state index contributed by atoms with van der Waals surface area (Å²) in [5.41, 5.74) is 2.30. The van der Waals surface area contributed by atoms with Crippen LogP contribution in [0.5, 0.6) is 0 Å². The summed E-state index contributed by atoms with van der Waals surface area (Å²) in [7, 11) is 1.81. The highest BCUT2D eigenvalue weighted by Gasteiger charge is 2.24. The van der Waals surface area contributed by atoms with E-state index in [2.05, 4.69) is 15.3 Å². The standard InChI is InChI=1S/C19H22Cl2N4O2/c1-12(24-19(26)25(2)14-5-7-27-8-6-14)15-3-4-16(18(21)17(15)20)13-9-22-11-23-10-13/h3-4,9-12,14H,5-8H2,1-2H3,(H,24,26). The average molecular weight is 409 g/mol. The summed E-state index contributed by atoms with van der Waals surface area (Å²) in [6.07, 6.45) is 6.51. The lowest BCUT2D eigenvalue weighted by molar-refractivity contribution is 0.0522. The number of urea groups is 1. The second kappa shape index (κ2) is 8.87. The van der Waals surface area contributed by atoms with Gasteiger partial charge < -0.3 is 15.0 Å². The van der Waals surface area contributed by atoms with Gasteiger partial charge in [0.1, 0.15) is 6.33 Å². The molecule has 2 heterocycles. The van der Waals surface area contributed by atoms with Gasteiger partial charge in [-0.05, 0) is 25.3 Å². The number of amides is 2. The number of hydrogen-bond donors (Lipinski definition) is 1. The van der Waals surface area contributed by atoms with Gasteiger partial charge in [0, 0.05) is 49.8 Å². The van der Waals surface area contributed by atoms with Crippen LogP contribution < -0.4 is 5.32 Å². The van der Waals surface area contributed by atoms with Crippen LogP contribution in [0, 0.1) is 0 Å². The van der Waals surface area contributed by atoms with Gasteiger partial charge in [-0.15, -0.1) is 0 Å². The molecule has 6 nitrogen and oxygen atoms in total. The van der Waals surface area contributed by atoms with Gasteiger partial charge in [-0.1, -0.05) is 35.3 Å². The van der Waals surface area contributed by atoms with Crippen molar-refractivity contribution in [2.45, 2.75) is 31.8 Å². The maximum absolute atomic E-state index is 12.6.